The van der Waals surface area contributed by atoms with Crippen LogP contribution in [-0.2, 0) is 4.74 Å². The zero-order valence-electron chi connectivity index (χ0n) is 12.7. The summed E-state index contributed by atoms with van der Waals surface area (Å²) >= 11 is 6.17. The van der Waals surface area contributed by atoms with Gasteiger partial charge in [-0.25, -0.2) is 4.79 Å². The monoisotopic (exact) mass is 316 g/mol. The summed E-state index contributed by atoms with van der Waals surface area (Å²) in [6.45, 7) is 5.47. The number of hydrogen-bond donors (Lipinski definition) is 0. The van der Waals surface area contributed by atoms with Crippen molar-refractivity contribution in [1.82, 2.24) is 0 Å². The summed E-state index contributed by atoms with van der Waals surface area (Å²) < 4.78 is 5.32. The largest absolute Gasteiger partial charge is 0.456 e. The summed E-state index contributed by atoms with van der Waals surface area (Å²) in [6, 6.07) is 12.0. The smallest absolute Gasteiger partial charge is 0.338 e. The fourth-order valence-corrected chi connectivity index (χ4v) is 2.19. The first-order valence-corrected chi connectivity index (χ1v) is 7.26. The van der Waals surface area contributed by atoms with Crippen LogP contribution in [0.2, 0.25) is 5.02 Å². The molecule has 0 spiro atoms. The summed E-state index contributed by atoms with van der Waals surface area (Å²) in [4.78, 5) is 22.9. The van der Waals surface area contributed by atoms with Crippen LogP contribution < -0.4 is 0 Å². The van der Waals surface area contributed by atoms with Gasteiger partial charge in [0.05, 0.1) is 5.56 Å². The Labute approximate surface area is 134 Å². The van der Waals surface area contributed by atoms with Crippen LogP contribution in [0.3, 0.4) is 0 Å². The lowest BCUT2D eigenvalue weighted by Crippen LogP contribution is -2.23. The first-order chi connectivity index (χ1) is 10.3. The highest BCUT2D eigenvalue weighted by Crippen LogP contribution is 2.29. The topological polar surface area (TPSA) is 43.4 Å². The van der Waals surface area contributed by atoms with Gasteiger partial charge in [-0.1, -0.05) is 29.8 Å². The number of esters is 1. The number of aldehydes is 1. The van der Waals surface area contributed by atoms with Gasteiger partial charge < -0.3 is 4.74 Å². The third kappa shape index (κ3) is 3.95. The Kier molecular flexibility index (Phi) is 4.67. The van der Waals surface area contributed by atoms with Crippen LogP contribution >= 0.6 is 11.6 Å². The van der Waals surface area contributed by atoms with Gasteiger partial charge in [-0.15, -0.1) is 0 Å². The molecule has 2 aromatic carbocycles. The first kappa shape index (κ1) is 16.2. The number of benzene rings is 2. The van der Waals surface area contributed by atoms with Gasteiger partial charge in [0.25, 0.3) is 0 Å². The van der Waals surface area contributed by atoms with Crippen LogP contribution in [0.1, 0.15) is 41.5 Å². The molecule has 3 nitrogen and oxygen atoms in total. The Morgan fingerprint density at radius 2 is 1.73 bits per heavy atom. The Bertz CT molecular complexity index is 697. The highest BCUT2D eigenvalue weighted by atomic mass is 35.5. The van der Waals surface area contributed by atoms with E-state index in [4.69, 9.17) is 16.3 Å². The lowest BCUT2D eigenvalue weighted by Gasteiger charge is -2.19. The van der Waals surface area contributed by atoms with E-state index in [-0.39, 0.29) is 5.97 Å². The molecule has 0 N–H and O–H groups in total. The average molecular weight is 317 g/mol. The molecule has 2 rings (SSSR count). The predicted octanol–water partition coefficient (Wildman–Crippen LogP) is 4.77. The van der Waals surface area contributed by atoms with E-state index in [1.807, 2.05) is 20.8 Å². The quantitative estimate of drug-likeness (QED) is 0.605. The molecule has 0 saturated heterocycles. The van der Waals surface area contributed by atoms with Crippen molar-refractivity contribution in [1.29, 1.82) is 0 Å². The second kappa shape index (κ2) is 6.32. The number of halogens is 1. The van der Waals surface area contributed by atoms with Gasteiger partial charge in [-0.2, -0.15) is 0 Å². The standard InChI is InChI=1S/C18H17ClO3/c1-18(2,3)22-17(21)14-7-5-13(6-8-14)15-10-12(11-20)4-9-16(15)19/h4-11H,1-3H3. The molecule has 4 heteroatoms. The van der Waals surface area contributed by atoms with E-state index in [2.05, 4.69) is 0 Å². The van der Waals surface area contributed by atoms with Crippen molar-refractivity contribution < 1.29 is 14.3 Å². The summed E-state index contributed by atoms with van der Waals surface area (Å²) in [6.07, 6.45) is 0.773. The molecule has 0 amide bonds. The molecule has 22 heavy (non-hydrogen) atoms. The van der Waals surface area contributed by atoms with Crippen molar-refractivity contribution in [3.8, 4) is 11.1 Å². The SMILES string of the molecule is CC(C)(C)OC(=O)c1ccc(-c2cc(C=O)ccc2Cl)cc1. The van der Waals surface area contributed by atoms with Crippen molar-refractivity contribution in [3.05, 3.63) is 58.6 Å². The van der Waals surface area contributed by atoms with Gasteiger partial charge in [0, 0.05) is 16.1 Å². The molecule has 0 unspecified atom stereocenters. The minimum atomic E-state index is -0.530. The average Bonchev–Trinajstić information content (AvgIpc) is 2.46. The number of carbonyl (C=O) groups is 2. The number of rotatable bonds is 3. The van der Waals surface area contributed by atoms with Gasteiger partial charge in [0.15, 0.2) is 0 Å². The first-order valence-electron chi connectivity index (χ1n) is 6.89. The van der Waals surface area contributed by atoms with E-state index >= 15 is 0 Å². The van der Waals surface area contributed by atoms with Crippen molar-refractivity contribution in [2.24, 2.45) is 0 Å². The fraction of sp³-hybridized carbons (Fsp3) is 0.222. The molecule has 0 saturated carbocycles. The normalized spacial score (nSPS) is 11.1. The van der Waals surface area contributed by atoms with Crippen LogP contribution in [0.4, 0.5) is 0 Å². The van der Waals surface area contributed by atoms with Gasteiger partial charge in [0.1, 0.15) is 11.9 Å². The maximum absolute atomic E-state index is 12.0. The maximum Gasteiger partial charge on any atom is 0.338 e. The maximum atomic E-state index is 12.0. The second-order valence-corrected chi connectivity index (χ2v) is 6.34. The zero-order valence-corrected chi connectivity index (χ0v) is 13.5. The van der Waals surface area contributed by atoms with E-state index in [1.165, 1.54) is 0 Å². The lowest BCUT2D eigenvalue weighted by atomic mass is 10.0. The molecule has 0 aliphatic carbocycles. The summed E-state index contributed by atoms with van der Waals surface area (Å²) in [5.41, 5.74) is 2.08. The molecule has 0 radical (unpaired) electrons. The molecule has 0 aliphatic heterocycles. The van der Waals surface area contributed by atoms with E-state index in [1.54, 1.807) is 42.5 Å². The third-order valence-electron chi connectivity index (χ3n) is 2.96. The lowest BCUT2D eigenvalue weighted by molar-refractivity contribution is 0.00695. The van der Waals surface area contributed by atoms with Gasteiger partial charge in [0.2, 0.25) is 0 Å². The van der Waals surface area contributed by atoms with Crippen molar-refractivity contribution >= 4 is 23.9 Å². The summed E-state index contributed by atoms with van der Waals surface area (Å²) in [7, 11) is 0. The number of hydrogen-bond acceptors (Lipinski definition) is 3. The molecule has 0 aliphatic rings. The summed E-state index contributed by atoms with van der Waals surface area (Å²) in [5, 5.41) is 0.551. The molecule has 0 atom stereocenters. The van der Waals surface area contributed by atoms with Crippen LogP contribution in [0.5, 0.6) is 0 Å². The van der Waals surface area contributed by atoms with Gasteiger partial charge >= 0.3 is 5.97 Å². The molecule has 2 aromatic rings. The van der Waals surface area contributed by atoms with Crippen molar-refractivity contribution in [2.45, 2.75) is 26.4 Å². The molecule has 0 bridgehead atoms. The van der Waals surface area contributed by atoms with Gasteiger partial charge in [-0.05, 0) is 50.6 Å². The number of carbonyl (C=O) groups excluding carboxylic acids is 2. The Morgan fingerprint density at radius 3 is 2.27 bits per heavy atom. The molecule has 0 heterocycles. The van der Waals surface area contributed by atoms with Gasteiger partial charge in [-0.3, -0.25) is 4.79 Å². The molecular weight excluding hydrogens is 300 g/mol. The molecule has 0 fully saturated rings. The van der Waals surface area contributed by atoms with E-state index in [9.17, 15) is 9.59 Å². The molecule has 0 aromatic heterocycles. The van der Waals surface area contributed by atoms with E-state index in [0.717, 1.165) is 17.4 Å². The highest BCUT2D eigenvalue weighted by Gasteiger charge is 2.17. The van der Waals surface area contributed by atoms with Crippen LogP contribution in [-0.4, -0.2) is 17.9 Å². The van der Waals surface area contributed by atoms with Crippen LogP contribution in [0.25, 0.3) is 11.1 Å². The molecular formula is C18H17ClO3. The van der Waals surface area contributed by atoms with E-state index < -0.39 is 5.60 Å². The van der Waals surface area contributed by atoms with E-state index in [0.29, 0.717) is 16.1 Å². The van der Waals surface area contributed by atoms with Crippen LogP contribution in [0, 0.1) is 0 Å². The summed E-state index contributed by atoms with van der Waals surface area (Å²) in [5.74, 6) is -0.369. The zero-order chi connectivity index (χ0) is 16.3. The third-order valence-corrected chi connectivity index (χ3v) is 3.29. The van der Waals surface area contributed by atoms with Crippen molar-refractivity contribution in [3.63, 3.8) is 0 Å². The minimum Gasteiger partial charge on any atom is -0.456 e. The molecule has 114 valence electrons. The Morgan fingerprint density at radius 1 is 1.09 bits per heavy atom. The Hall–Kier alpha value is -2.13. The Balaban J connectivity index is 2.29. The number of ether oxygens (including phenoxy) is 1. The second-order valence-electron chi connectivity index (χ2n) is 5.94. The minimum absolute atomic E-state index is 0.369. The van der Waals surface area contributed by atoms with Crippen molar-refractivity contribution in [2.75, 3.05) is 0 Å². The predicted molar refractivity (Wildman–Crippen MR) is 87.4 cm³/mol. The fourth-order valence-electron chi connectivity index (χ4n) is 1.96. The highest BCUT2D eigenvalue weighted by molar-refractivity contribution is 6.33. The van der Waals surface area contributed by atoms with Crippen LogP contribution in [0.15, 0.2) is 42.5 Å².